The predicted molar refractivity (Wildman–Crippen MR) is 131 cm³/mol. The number of aliphatic hydroxyl groups excluding tert-OH is 1. The number of aryl methyl sites for hydroxylation is 1. The largest absolute Gasteiger partial charge is 0.439 e. The summed E-state index contributed by atoms with van der Waals surface area (Å²) in [6.07, 6.45) is 3.95. The zero-order valence-electron chi connectivity index (χ0n) is 18.9. The Hall–Kier alpha value is -2.60. The molecule has 0 fully saturated rings. The van der Waals surface area contributed by atoms with E-state index >= 15 is 0 Å². The summed E-state index contributed by atoms with van der Waals surface area (Å²) in [4.78, 5) is 2.27. The van der Waals surface area contributed by atoms with E-state index in [4.69, 9.17) is 21.4 Å². The highest BCUT2D eigenvalue weighted by Gasteiger charge is 2.22. The average Bonchev–Trinajstić information content (AvgIpc) is 3.09. The number of aromatic nitrogens is 2. The van der Waals surface area contributed by atoms with E-state index < -0.39 is 6.10 Å². The van der Waals surface area contributed by atoms with Crippen molar-refractivity contribution in [1.29, 1.82) is 0 Å². The third kappa shape index (κ3) is 6.45. The van der Waals surface area contributed by atoms with Crippen molar-refractivity contribution in [3.8, 4) is 17.3 Å². The van der Waals surface area contributed by atoms with E-state index in [0.29, 0.717) is 36.2 Å². The minimum absolute atomic E-state index is 0.398. The van der Waals surface area contributed by atoms with Gasteiger partial charge in [-0.25, -0.2) is 4.68 Å². The van der Waals surface area contributed by atoms with Crippen molar-refractivity contribution in [3.05, 3.63) is 83.5 Å². The predicted octanol–water partition coefficient (Wildman–Crippen LogP) is 6.17. The average molecular weight is 454 g/mol. The van der Waals surface area contributed by atoms with Crippen molar-refractivity contribution in [2.45, 2.75) is 45.8 Å². The minimum Gasteiger partial charge on any atom is -0.439 e. The van der Waals surface area contributed by atoms with Crippen molar-refractivity contribution in [2.75, 3.05) is 13.1 Å². The summed E-state index contributed by atoms with van der Waals surface area (Å²) in [5.41, 5.74) is 2.84. The van der Waals surface area contributed by atoms with Gasteiger partial charge < -0.3 is 9.84 Å². The van der Waals surface area contributed by atoms with E-state index in [1.807, 2.05) is 72.3 Å². The van der Waals surface area contributed by atoms with Crippen molar-refractivity contribution in [3.63, 3.8) is 0 Å². The maximum atomic E-state index is 10.5. The molecule has 3 aromatic rings. The molecule has 0 amide bonds. The second-order valence-electron chi connectivity index (χ2n) is 7.93. The summed E-state index contributed by atoms with van der Waals surface area (Å²) < 4.78 is 8.20. The van der Waals surface area contributed by atoms with E-state index in [1.54, 1.807) is 0 Å². The number of hydrogen-bond donors (Lipinski definition) is 1. The number of nitrogens with zero attached hydrogens (tertiary/aromatic N) is 3. The molecule has 2 aromatic carbocycles. The Morgan fingerprint density at radius 2 is 1.91 bits per heavy atom. The summed E-state index contributed by atoms with van der Waals surface area (Å²) in [7, 11) is 0. The van der Waals surface area contributed by atoms with Crippen LogP contribution in [0.5, 0.6) is 11.6 Å². The second-order valence-corrected chi connectivity index (χ2v) is 8.36. The van der Waals surface area contributed by atoms with Crippen LogP contribution in [-0.2, 0) is 6.54 Å². The summed E-state index contributed by atoms with van der Waals surface area (Å²) in [6.45, 7) is 10.0. The van der Waals surface area contributed by atoms with Gasteiger partial charge >= 0.3 is 0 Å². The van der Waals surface area contributed by atoms with Gasteiger partial charge in [0, 0.05) is 18.1 Å². The van der Waals surface area contributed by atoms with Crippen LogP contribution in [0.2, 0.25) is 5.02 Å². The van der Waals surface area contributed by atoms with Crippen LogP contribution < -0.4 is 4.74 Å². The SMILES string of the molecule is C=CCC[C@@H](O)CN(CCC)Cc1c(C)nn(-c2ccccc2)c1Oc1ccc(Cl)cc1. The number of benzene rings is 2. The topological polar surface area (TPSA) is 50.5 Å². The number of allylic oxidation sites excluding steroid dienone is 1. The zero-order chi connectivity index (χ0) is 22.9. The van der Waals surface area contributed by atoms with Gasteiger partial charge in [-0.2, -0.15) is 5.10 Å². The molecule has 3 rings (SSSR count). The highest BCUT2D eigenvalue weighted by Crippen LogP contribution is 2.32. The van der Waals surface area contributed by atoms with Crippen molar-refractivity contribution >= 4 is 11.6 Å². The Balaban J connectivity index is 1.94. The third-order valence-corrected chi connectivity index (χ3v) is 5.51. The molecule has 6 heteroatoms. The van der Waals surface area contributed by atoms with Crippen LogP contribution in [0.3, 0.4) is 0 Å². The molecular formula is C26H32ClN3O2. The second kappa shape index (κ2) is 11.9. The fraction of sp³-hybridized carbons (Fsp3) is 0.346. The molecule has 0 bridgehead atoms. The summed E-state index contributed by atoms with van der Waals surface area (Å²) in [5, 5.41) is 15.9. The highest BCUT2D eigenvalue weighted by molar-refractivity contribution is 6.30. The van der Waals surface area contributed by atoms with Crippen LogP contribution in [0.4, 0.5) is 0 Å². The number of para-hydroxylation sites is 1. The molecule has 1 atom stereocenters. The molecule has 1 heterocycles. The molecule has 0 saturated carbocycles. The fourth-order valence-corrected chi connectivity index (χ4v) is 3.78. The standard InChI is InChI=1S/C26H32ClN3O2/c1-4-6-12-23(31)18-29(17-5-2)19-25-20(3)28-30(22-10-8-7-9-11-22)26(25)32-24-15-13-21(27)14-16-24/h4,7-11,13-16,23,31H,1,5-6,12,17-19H2,2-3H3/t23-/m1/s1. The van der Waals surface area contributed by atoms with Gasteiger partial charge in [0.2, 0.25) is 5.88 Å². The first-order chi connectivity index (χ1) is 15.5. The molecule has 0 aliphatic carbocycles. The quantitative estimate of drug-likeness (QED) is 0.333. The van der Waals surface area contributed by atoms with E-state index in [2.05, 4.69) is 18.4 Å². The smallest absolute Gasteiger partial charge is 0.227 e. The molecule has 1 N–H and O–H groups in total. The molecule has 0 radical (unpaired) electrons. The van der Waals surface area contributed by atoms with Gasteiger partial charge in [-0.05, 0) is 69.1 Å². The van der Waals surface area contributed by atoms with Crippen LogP contribution in [0.1, 0.15) is 37.4 Å². The van der Waals surface area contributed by atoms with Gasteiger partial charge in [0.1, 0.15) is 5.75 Å². The van der Waals surface area contributed by atoms with Gasteiger partial charge in [-0.1, -0.05) is 42.8 Å². The highest BCUT2D eigenvalue weighted by atomic mass is 35.5. The maximum absolute atomic E-state index is 10.5. The Morgan fingerprint density at radius 3 is 2.56 bits per heavy atom. The molecule has 32 heavy (non-hydrogen) atoms. The van der Waals surface area contributed by atoms with E-state index in [9.17, 15) is 5.11 Å². The van der Waals surface area contributed by atoms with E-state index in [0.717, 1.165) is 36.3 Å². The van der Waals surface area contributed by atoms with Gasteiger partial charge in [-0.15, -0.1) is 6.58 Å². The molecule has 1 aromatic heterocycles. The Morgan fingerprint density at radius 1 is 1.19 bits per heavy atom. The lowest BCUT2D eigenvalue weighted by Crippen LogP contribution is -2.33. The number of halogens is 1. The normalized spacial score (nSPS) is 12.2. The Labute approximate surface area is 195 Å². The van der Waals surface area contributed by atoms with Crippen LogP contribution in [0.25, 0.3) is 5.69 Å². The summed E-state index contributed by atoms with van der Waals surface area (Å²) in [5.74, 6) is 1.37. The monoisotopic (exact) mass is 453 g/mol. The number of ether oxygens (including phenoxy) is 1. The number of hydrogen-bond acceptors (Lipinski definition) is 4. The summed E-state index contributed by atoms with van der Waals surface area (Å²) in [6, 6.07) is 17.3. The first kappa shape index (κ1) is 24.1. The molecule has 0 unspecified atom stereocenters. The number of rotatable bonds is 12. The third-order valence-electron chi connectivity index (χ3n) is 5.26. The van der Waals surface area contributed by atoms with Crippen molar-refractivity contribution in [2.24, 2.45) is 0 Å². The first-order valence-electron chi connectivity index (χ1n) is 11.1. The summed E-state index contributed by atoms with van der Waals surface area (Å²) >= 11 is 6.06. The lowest BCUT2D eigenvalue weighted by molar-refractivity contribution is 0.102. The molecular weight excluding hydrogens is 422 g/mol. The van der Waals surface area contributed by atoms with Crippen molar-refractivity contribution < 1.29 is 9.84 Å². The molecule has 0 aliphatic rings. The van der Waals surface area contributed by atoms with Gasteiger partial charge in [0.05, 0.1) is 23.0 Å². The molecule has 5 nitrogen and oxygen atoms in total. The van der Waals surface area contributed by atoms with Gasteiger partial charge in [0.25, 0.3) is 0 Å². The number of aliphatic hydroxyl groups is 1. The fourth-order valence-electron chi connectivity index (χ4n) is 3.66. The minimum atomic E-state index is -0.398. The first-order valence-corrected chi connectivity index (χ1v) is 11.5. The molecule has 0 saturated heterocycles. The lowest BCUT2D eigenvalue weighted by atomic mass is 10.1. The molecule has 0 aliphatic heterocycles. The van der Waals surface area contributed by atoms with Crippen LogP contribution >= 0.6 is 11.6 Å². The zero-order valence-corrected chi connectivity index (χ0v) is 19.6. The Bertz CT molecular complexity index is 986. The van der Waals surface area contributed by atoms with Crippen LogP contribution in [0, 0.1) is 6.92 Å². The van der Waals surface area contributed by atoms with Gasteiger partial charge in [0.15, 0.2) is 0 Å². The molecule has 0 spiro atoms. The van der Waals surface area contributed by atoms with E-state index in [-0.39, 0.29) is 0 Å². The molecule has 170 valence electrons. The van der Waals surface area contributed by atoms with Gasteiger partial charge in [-0.3, -0.25) is 4.90 Å². The Kier molecular flexibility index (Phi) is 8.91. The van der Waals surface area contributed by atoms with Crippen LogP contribution in [0.15, 0.2) is 67.3 Å². The van der Waals surface area contributed by atoms with E-state index in [1.165, 1.54) is 0 Å². The van der Waals surface area contributed by atoms with Crippen LogP contribution in [-0.4, -0.2) is 39.0 Å². The maximum Gasteiger partial charge on any atom is 0.227 e. The van der Waals surface area contributed by atoms with Crippen molar-refractivity contribution in [1.82, 2.24) is 14.7 Å². The lowest BCUT2D eigenvalue weighted by Gasteiger charge is -2.25.